The first-order valence-electron chi connectivity index (χ1n) is 7.38. The van der Waals surface area contributed by atoms with Crippen LogP contribution in [0.2, 0.25) is 0 Å². The highest BCUT2D eigenvalue weighted by molar-refractivity contribution is 7.86. The zero-order valence-electron chi connectivity index (χ0n) is 12.6. The summed E-state index contributed by atoms with van der Waals surface area (Å²) in [5.41, 5.74) is 0. The molecule has 0 aromatic heterocycles. The molecule has 1 N–H and O–H groups in total. The van der Waals surface area contributed by atoms with Crippen LogP contribution in [0, 0.1) is 18.3 Å². The predicted octanol–water partition coefficient (Wildman–Crippen LogP) is 0.898. The molecular formula is C14H27N3O2S. The van der Waals surface area contributed by atoms with Crippen molar-refractivity contribution in [2.75, 3.05) is 39.8 Å². The van der Waals surface area contributed by atoms with E-state index in [1.807, 2.05) is 0 Å². The molecule has 1 saturated carbocycles. The summed E-state index contributed by atoms with van der Waals surface area (Å²) in [5, 5.41) is 3.27. The molecule has 1 fully saturated rings. The Hall–Kier alpha value is -0.610. The molecule has 1 aliphatic rings. The summed E-state index contributed by atoms with van der Waals surface area (Å²) in [6, 6.07) is 0. The lowest BCUT2D eigenvalue weighted by Gasteiger charge is -2.26. The molecule has 0 saturated heterocycles. The summed E-state index contributed by atoms with van der Waals surface area (Å²) in [6.45, 7) is 5.17. The van der Waals surface area contributed by atoms with E-state index in [1.54, 1.807) is 7.05 Å². The zero-order chi connectivity index (χ0) is 15.0. The monoisotopic (exact) mass is 301 g/mol. The fraction of sp³-hybridized carbons (Fsp3) is 0.857. The number of nitrogens with one attached hydrogen (secondary N) is 1. The maximum Gasteiger partial charge on any atom is 0.282 e. The summed E-state index contributed by atoms with van der Waals surface area (Å²) in [4.78, 5) is 0. The van der Waals surface area contributed by atoms with Gasteiger partial charge in [0.15, 0.2) is 0 Å². The van der Waals surface area contributed by atoms with Crippen LogP contribution in [0.3, 0.4) is 0 Å². The number of terminal acetylenes is 1. The molecule has 1 aliphatic carbocycles. The number of hydrogen-bond acceptors (Lipinski definition) is 3. The second-order valence-corrected chi connectivity index (χ2v) is 7.41. The van der Waals surface area contributed by atoms with Crippen LogP contribution in [-0.4, -0.2) is 56.8 Å². The van der Waals surface area contributed by atoms with Crippen molar-refractivity contribution in [2.45, 2.75) is 32.6 Å². The van der Waals surface area contributed by atoms with E-state index in [0.29, 0.717) is 19.0 Å². The van der Waals surface area contributed by atoms with Crippen molar-refractivity contribution in [3.8, 4) is 12.3 Å². The Labute approximate surface area is 123 Å². The van der Waals surface area contributed by atoms with E-state index in [1.165, 1.54) is 8.61 Å². The van der Waals surface area contributed by atoms with Gasteiger partial charge in [-0.1, -0.05) is 12.8 Å². The molecule has 20 heavy (non-hydrogen) atoms. The second-order valence-electron chi connectivity index (χ2n) is 5.37. The van der Waals surface area contributed by atoms with Crippen LogP contribution in [0.4, 0.5) is 0 Å². The van der Waals surface area contributed by atoms with Crippen LogP contribution in [0.15, 0.2) is 0 Å². The van der Waals surface area contributed by atoms with E-state index < -0.39 is 10.2 Å². The Balaban J connectivity index is 2.44. The highest BCUT2D eigenvalue weighted by atomic mass is 32.2. The van der Waals surface area contributed by atoms with Gasteiger partial charge in [-0.05, 0) is 44.7 Å². The van der Waals surface area contributed by atoms with E-state index in [0.717, 1.165) is 38.8 Å². The normalized spacial score (nSPS) is 15.8. The quantitative estimate of drug-likeness (QED) is 0.456. The summed E-state index contributed by atoms with van der Waals surface area (Å²) in [5.74, 6) is 2.95. The van der Waals surface area contributed by atoms with Gasteiger partial charge >= 0.3 is 0 Å². The van der Waals surface area contributed by atoms with Crippen LogP contribution >= 0.6 is 0 Å². The second kappa shape index (κ2) is 8.63. The summed E-state index contributed by atoms with van der Waals surface area (Å²) < 4.78 is 27.7. The standard InChI is InChI=1S/C14H27N3O2S/c1-4-9-15-10-6-12-16(3)20(18,19)17(11-5-2)13-14-7-8-14/h2,14-15H,4,6-13H2,1,3H3. The first-order valence-corrected chi connectivity index (χ1v) is 8.77. The Morgan fingerprint density at radius 1 is 1.35 bits per heavy atom. The van der Waals surface area contributed by atoms with Gasteiger partial charge in [-0.25, -0.2) is 0 Å². The highest BCUT2D eigenvalue weighted by Gasteiger charge is 2.32. The van der Waals surface area contributed by atoms with Crippen LogP contribution in [-0.2, 0) is 10.2 Å². The van der Waals surface area contributed by atoms with Gasteiger partial charge in [0.05, 0.1) is 6.54 Å². The van der Waals surface area contributed by atoms with Crippen molar-refractivity contribution >= 4 is 10.2 Å². The smallest absolute Gasteiger partial charge is 0.282 e. The Morgan fingerprint density at radius 3 is 2.60 bits per heavy atom. The van der Waals surface area contributed by atoms with Crippen LogP contribution in [0.5, 0.6) is 0 Å². The topological polar surface area (TPSA) is 52.7 Å². The maximum absolute atomic E-state index is 12.4. The first kappa shape index (κ1) is 17.4. The van der Waals surface area contributed by atoms with E-state index in [9.17, 15) is 8.42 Å². The van der Waals surface area contributed by atoms with E-state index in [-0.39, 0.29) is 6.54 Å². The minimum absolute atomic E-state index is 0.164. The Bertz CT molecular complexity index is 413. The Morgan fingerprint density at radius 2 is 2.05 bits per heavy atom. The van der Waals surface area contributed by atoms with Gasteiger partial charge in [0, 0.05) is 20.1 Å². The number of hydrogen-bond donors (Lipinski definition) is 1. The summed E-state index contributed by atoms with van der Waals surface area (Å²) >= 11 is 0. The third-order valence-corrected chi connectivity index (χ3v) is 5.30. The van der Waals surface area contributed by atoms with Gasteiger partial charge in [0.2, 0.25) is 0 Å². The molecule has 0 aromatic rings. The van der Waals surface area contributed by atoms with E-state index in [2.05, 4.69) is 18.2 Å². The SMILES string of the molecule is C#CCN(CC1CC1)S(=O)(=O)N(C)CCCNCCC. The minimum atomic E-state index is -3.41. The van der Waals surface area contributed by atoms with Gasteiger partial charge in [-0.2, -0.15) is 17.0 Å². The summed E-state index contributed by atoms with van der Waals surface area (Å²) in [7, 11) is -1.78. The van der Waals surface area contributed by atoms with Crippen molar-refractivity contribution in [1.29, 1.82) is 0 Å². The van der Waals surface area contributed by atoms with Crippen LogP contribution in [0.25, 0.3) is 0 Å². The average Bonchev–Trinajstić information content (AvgIpc) is 3.21. The fourth-order valence-electron chi connectivity index (χ4n) is 1.97. The summed E-state index contributed by atoms with van der Waals surface area (Å²) in [6.07, 6.45) is 9.41. The van der Waals surface area contributed by atoms with Crippen molar-refractivity contribution < 1.29 is 8.42 Å². The lowest BCUT2D eigenvalue weighted by Crippen LogP contribution is -2.43. The fourth-order valence-corrected chi connectivity index (χ4v) is 3.36. The lowest BCUT2D eigenvalue weighted by molar-refractivity contribution is 0.366. The van der Waals surface area contributed by atoms with Gasteiger partial charge in [0.1, 0.15) is 0 Å². The lowest BCUT2D eigenvalue weighted by atomic mass is 10.4. The third kappa shape index (κ3) is 5.80. The molecule has 0 aromatic carbocycles. The van der Waals surface area contributed by atoms with Gasteiger partial charge in [0.25, 0.3) is 10.2 Å². The van der Waals surface area contributed by atoms with Crippen molar-refractivity contribution in [2.24, 2.45) is 5.92 Å². The number of rotatable bonds is 11. The van der Waals surface area contributed by atoms with Crippen LogP contribution < -0.4 is 5.32 Å². The van der Waals surface area contributed by atoms with E-state index in [4.69, 9.17) is 6.42 Å². The molecular weight excluding hydrogens is 274 g/mol. The molecule has 0 unspecified atom stereocenters. The molecule has 0 bridgehead atoms. The molecule has 0 atom stereocenters. The highest BCUT2D eigenvalue weighted by Crippen LogP contribution is 2.30. The predicted molar refractivity (Wildman–Crippen MR) is 82.5 cm³/mol. The van der Waals surface area contributed by atoms with Gasteiger partial charge in [-0.3, -0.25) is 0 Å². The largest absolute Gasteiger partial charge is 0.317 e. The first-order chi connectivity index (χ1) is 9.52. The number of nitrogens with zero attached hydrogens (tertiary/aromatic N) is 2. The van der Waals surface area contributed by atoms with Crippen molar-refractivity contribution in [3.63, 3.8) is 0 Å². The molecule has 6 heteroatoms. The van der Waals surface area contributed by atoms with Crippen molar-refractivity contribution in [1.82, 2.24) is 13.9 Å². The van der Waals surface area contributed by atoms with Gasteiger partial charge < -0.3 is 5.32 Å². The third-order valence-electron chi connectivity index (χ3n) is 3.40. The molecule has 0 heterocycles. The van der Waals surface area contributed by atoms with Gasteiger partial charge in [-0.15, -0.1) is 6.42 Å². The maximum atomic E-state index is 12.4. The van der Waals surface area contributed by atoms with E-state index >= 15 is 0 Å². The zero-order valence-corrected chi connectivity index (χ0v) is 13.5. The molecule has 5 nitrogen and oxygen atoms in total. The van der Waals surface area contributed by atoms with Crippen molar-refractivity contribution in [3.05, 3.63) is 0 Å². The molecule has 116 valence electrons. The molecule has 0 amide bonds. The molecule has 0 radical (unpaired) electrons. The minimum Gasteiger partial charge on any atom is -0.317 e. The van der Waals surface area contributed by atoms with Crippen LogP contribution in [0.1, 0.15) is 32.6 Å². The molecule has 0 aliphatic heterocycles. The molecule has 0 spiro atoms. The molecule has 1 rings (SSSR count). The Kier molecular flexibility index (Phi) is 7.52. The average molecular weight is 301 g/mol.